The first-order valence-corrected chi connectivity index (χ1v) is 9.12. The van der Waals surface area contributed by atoms with E-state index >= 15 is 0 Å². The molecule has 29 heavy (non-hydrogen) atoms. The lowest BCUT2D eigenvalue weighted by Crippen LogP contribution is -2.29. The van der Waals surface area contributed by atoms with Gasteiger partial charge in [0.1, 0.15) is 17.7 Å². The Bertz CT molecular complexity index is 1160. The van der Waals surface area contributed by atoms with Crippen LogP contribution >= 0.6 is 0 Å². The number of ether oxygens (including phenoxy) is 1. The van der Waals surface area contributed by atoms with E-state index in [1.807, 2.05) is 0 Å². The van der Waals surface area contributed by atoms with Crippen LogP contribution in [-0.2, 0) is 0 Å². The maximum absolute atomic E-state index is 13.9. The second-order valence-electron chi connectivity index (χ2n) is 7.02. The molecule has 3 aromatic rings. The molecule has 1 saturated heterocycles. The fourth-order valence-electron chi connectivity index (χ4n) is 3.67. The molecule has 1 N–H and O–H groups in total. The first-order chi connectivity index (χ1) is 13.9. The zero-order chi connectivity index (χ0) is 20.7. The summed E-state index contributed by atoms with van der Waals surface area (Å²) in [5, 5.41) is 14.5. The van der Waals surface area contributed by atoms with Crippen LogP contribution < -0.4 is 15.6 Å². The van der Waals surface area contributed by atoms with Crippen molar-refractivity contribution >= 4 is 16.6 Å². The van der Waals surface area contributed by atoms with E-state index in [1.165, 1.54) is 23.8 Å². The zero-order valence-electron chi connectivity index (χ0n) is 15.9. The van der Waals surface area contributed by atoms with Crippen molar-refractivity contribution in [2.45, 2.75) is 25.6 Å². The largest absolute Gasteiger partial charge is 0.497 e. The average Bonchev–Trinajstić information content (AvgIpc) is 3.14. The maximum Gasteiger partial charge on any atom is 0.270 e. The predicted octanol–water partition coefficient (Wildman–Crippen LogP) is 2.98. The molecule has 4 rings (SSSR count). The number of non-ortho nitro benzene ring substituents is 1. The molecule has 8 nitrogen and oxygen atoms in total. The molecule has 0 radical (unpaired) electrons. The summed E-state index contributed by atoms with van der Waals surface area (Å²) in [7, 11) is 1.54. The Hall–Kier alpha value is -3.33. The number of nitrogens with zero attached hydrogens (tertiary/aromatic N) is 3. The number of hydrogen-bond donors (Lipinski definition) is 1. The molecule has 9 heteroatoms. The topological polar surface area (TPSA) is 99.3 Å². The standard InChI is InChI=1S/C20H19FN4O4/c1-11-7-14(25(27)28)9-16-18(11)23-19(17-8-12(21)10-22-17)24(20(16)26)13-3-5-15(29-2)6-4-13/h3-7,9,12,17,22H,8,10H2,1-2H3/t12-,17+/m1/s1. The van der Waals surface area contributed by atoms with Gasteiger partial charge in [0.2, 0.25) is 0 Å². The highest BCUT2D eigenvalue weighted by Gasteiger charge is 2.30. The number of methoxy groups -OCH3 is 1. The van der Waals surface area contributed by atoms with Gasteiger partial charge in [0, 0.05) is 25.1 Å². The fraction of sp³-hybridized carbons (Fsp3) is 0.300. The number of fused-ring (bicyclic) bond motifs is 1. The molecule has 0 bridgehead atoms. The lowest BCUT2D eigenvalue weighted by atomic mass is 10.1. The van der Waals surface area contributed by atoms with Gasteiger partial charge in [-0.2, -0.15) is 0 Å². The summed E-state index contributed by atoms with van der Waals surface area (Å²) >= 11 is 0. The Morgan fingerprint density at radius 1 is 1.31 bits per heavy atom. The number of benzene rings is 2. The van der Waals surface area contributed by atoms with Crippen LogP contribution in [0.25, 0.3) is 16.6 Å². The Morgan fingerprint density at radius 2 is 2.03 bits per heavy atom. The number of alkyl halides is 1. The van der Waals surface area contributed by atoms with Crippen LogP contribution in [0, 0.1) is 17.0 Å². The third-order valence-electron chi connectivity index (χ3n) is 5.10. The van der Waals surface area contributed by atoms with Crippen LogP contribution in [0.4, 0.5) is 10.1 Å². The predicted molar refractivity (Wildman–Crippen MR) is 106 cm³/mol. The molecule has 0 amide bonds. The van der Waals surface area contributed by atoms with Crippen molar-refractivity contribution in [2.75, 3.05) is 13.7 Å². The number of nitrogens with one attached hydrogen (secondary N) is 1. The molecule has 0 aliphatic carbocycles. The molecular weight excluding hydrogens is 379 g/mol. The average molecular weight is 398 g/mol. The lowest BCUT2D eigenvalue weighted by molar-refractivity contribution is -0.384. The molecule has 1 aliphatic rings. The van der Waals surface area contributed by atoms with Crippen molar-refractivity contribution in [2.24, 2.45) is 0 Å². The summed E-state index contributed by atoms with van der Waals surface area (Å²) in [6.07, 6.45) is -0.838. The van der Waals surface area contributed by atoms with Gasteiger partial charge in [-0.15, -0.1) is 0 Å². The van der Waals surface area contributed by atoms with E-state index < -0.39 is 22.7 Å². The van der Waals surface area contributed by atoms with Crippen LogP contribution in [0.2, 0.25) is 0 Å². The summed E-state index contributed by atoms with van der Waals surface area (Å²) in [5.41, 5.74) is 0.805. The van der Waals surface area contributed by atoms with Crippen molar-refractivity contribution in [3.05, 3.63) is 68.3 Å². The van der Waals surface area contributed by atoms with Gasteiger partial charge >= 0.3 is 0 Å². The molecule has 0 spiro atoms. The van der Waals surface area contributed by atoms with Crippen molar-refractivity contribution in [1.82, 2.24) is 14.9 Å². The highest BCUT2D eigenvalue weighted by Crippen LogP contribution is 2.29. The van der Waals surface area contributed by atoms with Gasteiger partial charge in [0.15, 0.2) is 0 Å². The third kappa shape index (κ3) is 3.33. The number of hydrogen-bond acceptors (Lipinski definition) is 6. The molecule has 1 aromatic heterocycles. The Morgan fingerprint density at radius 3 is 2.62 bits per heavy atom. The van der Waals surface area contributed by atoms with Crippen LogP contribution in [0.15, 0.2) is 41.2 Å². The highest BCUT2D eigenvalue weighted by atomic mass is 19.1. The Labute approximate surface area is 165 Å². The Kier molecular flexibility index (Phi) is 4.75. The zero-order valence-corrected chi connectivity index (χ0v) is 15.9. The number of nitro benzene ring substituents is 1. The molecule has 2 aromatic carbocycles. The minimum atomic E-state index is -1.03. The molecular formula is C20H19FN4O4. The SMILES string of the molecule is COc1ccc(-n2c([C@@H]3C[C@@H](F)CN3)nc3c(C)cc([N+](=O)[O-])cc3c2=O)cc1. The van der Waals surface area contributed by atoms with Gasteiger partial charge in [-0.05, 0) is 36.8 Å². The lowest BCUT2D eigenvalue weighted by Gasteiger charge is -2.19. The number of rotatable bonds is 4. The monoisotopic (exact) mass is 398 g/mol. The summed E-state index contributed by atoms with van der Waals surface area (Å²) in [6, 6.07) is 8.98. The quantitative estimate of drug-likeness (QED) is 0.536. The van der Waals surface area contributed by atoms with Crippen molar-refractivity contribution in [3.8, 4) is 11.4 Å². The second-order valence-corrected chi connectivity index (χ2v) is 7.02. The summed E-state index contributed by atoms with van der Waals surface area (Å²) < 4.78 is 20.4. The molecule has 2 heterocycles. The number of halogens is 1. The minimum absolute atomic E-state index is 0.145. The number of aromatic nitrogens is 2. The van der Waals surface area contributed by atoms with E-state index in [9.17, 15) is 19.3 Å². The molecule has 150 valence electrons. The van der Waals surface area contributed by atoms with Gasteiger partial charge in [0.25, 0.3) is 11.2 Å². The maximum atomic E-state index is 13.9. The number of nitro groups is 1. The van der Waals surface area contributed by atoms with Gasteiger partial charge < -0.3 is 10.1 Å². The summed E-state index contributed by atoms with van der Waals surface area (Å²) in [4.78, 5) is 28.8. The molecule has 1 fully saturated rings. The van der Waals surface area contributed by atoms with Gasteiger partial charge in [0.05, 0.1) is 34.7 Å². The van der Waals surface area contributed by atoms with Gasteiger partial charge in [-0.25, -0.2) is 9.37 Å². The molecule has 1 aliphatic heterocycles. The van der Waals surface area contributed by atoms with Gasteiger partial charge in [-0.3, -0.25) is 19.5 Å². The second kappa shape index (κ2) is 7.25. The van der Waals surface area contributed by atoms with E-state index in [0.29, 0.717) is 28.3 Å². The first kappa shape index (κ1) is 19.0. The van der Waals surface area contributed by atoms with E-state index in [2.05, 4.69) is 10.3 Å². The number of aryl methyl sites for hydroxylation is 1. The van der Waals surface area contributed by atoms with E-state index in [1.54, 1.807) is 31.2 Å². The fourth-order valence-corrected chi connectivity index (χ4v) is 3.67. The normalized spacial score (nSPS) is 18.9. The van der Waals surface area contributed by atoms with Gasteiger partial charge in [-0.1, -0.05) is 0 Å². The van der Waals surface area contributed by atoms with Crippen LogP contribution in [-0.4, -0.2) is 34.3 Å². The minimum Gasteiger partial charge on any atom is -0.497 e. The molecule has 0 saturated carbocycles. The summed E-state index contributed by atoms with van der Waals surface area (Å²) in [5.74, 6) is 0.996. The van der Waals surface area contributed by atoms with Crippen LogP contribution in [0.1, 0.15) is 23.9 Å². The molecule has 0 unspecified atom stereocenters. The highest BCUT2D eigenvalue weighted by molar-refractivity contribution is 5.84. The third-order valence-corrected chi connectivity index (χ3v) is 5.10. The van der Waals surface area contributed by atoms with E-state index in [0.717, 1.165) is 0 Å². The molecule has 2 atom stereocenters. The van der Waals surface area contributed by atoms with E-state index in [4.69, 9.17) is 4.74 Å². The summed E-state index contributed by atoms with van der Waals surface area (Å²) in [6.45, 7) is 1.85. The first-order valence-electron chi connectivity index (χ1n) is 9.12. The van der Waals surface area contributed by atoms with Crippen molar-refractivity contribution in [1.29, 1.82) is 0 Å². The van der Waals surface area contributed by atoms with Crippen molar-refractivity contribution in [3.63, 3.8) is 0 Å². The van der Waals surface area contributed by atoms with Crippen LogP contribution in [0.5, 0.6) is 5.75 Å². The van der Waals surface area contributed by atoms with E-state index in [-0.39, 0.29) is 24.0 Å². The van der Waals surface area contributed by atoms with Crippen LogP contribution in [0.3, 0.4) is 0 Å². The Balaban J connectivity index is 2.02. The van der Waals surface area contributed by atoms with Crippen molar-refractivity contribution < 1.29 is 14.1 Å². The smallest absolute Gasteiger partial charge is 0.270 e.